The van der Waals surface area contributed by atoms with Crippen LogP contribution in [0.25, 0.3) is 0 Å². The number of allylic oxidation sites excluding steroid dienone is 2. The predicted molar refractivity (Wildman–Crippen MR) is 73.0 cm³/mol. The van der Waals surface area contributed by atoms with E-state index in [0.717, 1.165) is 25.3 Å². The van der Waals surface area contributed by atoms with Crippen LogP contribution in [-0.2, 0) is 4.79 Å². The molecule has 1 amide bonds. The average Bonchev–Trinajstić information content (AvgIpc) is 2.34. The number of nitrogens with zero attached hydrogens (tertiary/aromatic N) is 1. The first kappa shape index (κ1) is 15.9. The molecule has 0 aliphatic carbocycles. The van der Waals surface area contributed by atoms with E-state index in [0.29, 0.717) is 31.0 Å². The molecule has 1 rings (SSSR count). The summed E-state index contributed by atoms with van der Waals surface area (Å²) < 4.78 is 24.0. The van der Waals surface area contributed by atoms with Crippen LogP contribution in [0.5, 0.6) is 0 Å². The van der Waals surface area contributed by atoms with Gasteiger partial charge in [-0.25, -0.2) is 8.78 Å². The Bertz CT molecular complexity index is 352. The molecule has 2 atom stereocenters. The van der Waals surface area contributed by atoms with Crippen molar-refractivity contribution >= 4 is 5.91 Å². The number of hydrogen-bond acceptors (Lipinski definition) is 1. The van der Waals surface area contributed by atoms with E-state index in [1.54, 1.807) is 4.90 Å². The number of likely N-dealkylation sites (tertiary alicyclic amines) is 1. The van der Waals surface area contributed by atoms with Crippen molar-refractivity contribution in [1.29, 1.82) is 0 Å². The molecule has 108 valence electrons. The summed E-state index contributed by atoms with van der Waals surface area (Å²) in [5.74, 6) is 0.710. The molecule has 0 spiro atoms. The molecule has 1 fully saturated rings. The van der Waals surface area contributed by atoms with Crippen LogP contribution in [0.4, 0.5) is 8.78 Å². The lowest BCUT2D eigenvalue weighted by Crippen LogP contribution is -2.42. The van der Waals surface area contributed by atoms with Crippen molar-refractivity contribution in [2.75, 3.05) is 13.1 Å². The largest absolute Gasteiger partial charge is 0.339 e. The minimum atomic E-state index is -2.56. The zero-order valence-corrected chi connectivity index (χ0v) is 11.7. The van der Waals surface area contributed by atoms with Crippen LogP contribution in [0.15, 0.2) is 24.3 Å². The molecule has 4 heteroatoms. The van der Waals surface area contributed by atoms with Gasteiger partial charge in [0.1, 0.15) is 0 Å². The van der Waals surface area contributed by atoms with Crippen molar-refractivity contribution in [1.82, 2.24) is 4.90 Å². The van der Waals surface area contributed by atoms with Gasteiger partial charge in [-0.2, -0.15) is 0 Å². The van der Waals surface area contributed by atoms with Gasteiger partial charge in [0, 0.05) is 19.2 Å². The van der Waals surface area contributed by atoms with E-state index in [2.05, 4.69) is 13.5 Å². The maximum absolute atomic E-state index is 12.0. The number of amides is 1. The van der Waals surface area contributed by atoms with Gasteiger partial charge in [0.15, 0.2) is 0 Å². The Morgan fingerprint density at radius 2 is 2.21 bits per heavy atom. The second-order valence-corrected chi connectivity index (χ2v) is 5.50. The van der Waals surface area contributed by atoms with E-state index >= 15 is 0 Å². The predicted octanol–water partition coefficient (Wildman–Crippen LogP) is 3.65. The van der Waals surface area contributed by atoms with Crippen LogP contribution < -0.4 is 0 Å². The zero-order valence-electron chi connectivity index (χ0n) is 11.7. The number of carbonyl (C=O) groups excluding carboxylic acids is 1. The third kappa shape index (κ3) is 5.53. The molecule has 0 aromatic heterocycles. The van der Waals surface area contributed by atoms with Crippen molar-refractivity contribution in [3.05, 3.63) is 24.3 Å². The highest BCUT2D eigenvalue weighted by Crippen LogP contribution is 2.28. The molecule has 19 heavy (non-hydrogen) atoms. The third-order valence-electron chi connectivity index (χ3n) is 3.72. The standard InChI is InChI=1S/C15H23F2NO/c1-11(2)4-5-13-8-9-18(10-12(13)3)15(19)7-6-14(16)17/h6-7,12-14H,1,4-5,8-10H2,2-3H3/b7-6+/t12-,13+/m1/s1. The van der Waals surface area contributed by atoms with Crippen molar-refractivity contribution in [2.24, 2.45) is 11.8 Å². The number of alkyl halides is 2. The van der Waals surface area contributed by atoms with Crippen LogP contribution >= 0.6 is 0 Å². The van der Waals surface area contributed by atoms with Gasteiger partial charge in [-0.15, -0.1) is 6.58 Å². The molecule has 2 nitrogen and oxygen atoms in total. The quantitative estimate of drug-likeness (QED) is 0.552. The third-order valence-corrected chi connectivity index (χ3v) is 3.72. The topological polar surface area (TPSA) is 20.3 Å². The highest BCUT2D eigenvalue weighted by Gasteiger charge is 2.27. The lowest BCUT2D eigenvalue weighted by atomic mass is 9.83. The molecule has 0 saturated carbocycles. The second-order valence-electron chi connectivity index (χ2n) is 5.50. The maximum atomic E-state index is 12.0. The second kappa shape index (κ2) is 7.41. The molecule has 0 N–H and O–H groups in total. The van der Waals surface area contributed by atoms with Crippen molar-refractivity contribution in [2.45, 2.75) is 39.5 Å². The Labute approximate surface area is 114 Å². The highest BCUT2D eigenvalue weighted by atomic mass is 19.3. The molecule has 0 radical (unpaired) electrons. The van der Waals surface area contributed by atoms with E-state index in [1.165, 1.54) is 5.57 Å². The minimum Gasteiger partial charge on any atom is -0.339 e. The van der Waals surface area contributed by atoms with Crippen molar-refractivity contribution < 1.29 is 13.6 Å². The number of carbonyl (C=O) groups is 1. The molecular formula is C15H23F2NO. The first-order valence-corrected chi connectivity index (χ1v) is 6.79. The van der Waals surface area contributed by atoms with Gasteiger partial charge in [-0.1, -0.05) is 12.5 Å². The van der Waals surface area contributed by atoms with Crippen LogP contribution in [0.3, 0.4) is 0 Å². The molecule has 0 aromatic rings. The Morgan fingerprint density at radius 3 is 2.74 bits per heavy atom. The summed E-state index contributed by atoms with van der Waals surface area (Å²) in [5, 5.41) is 0. The van der Waals surface area contributed by atoms with Crippen molar-refractivity contribution in [3.8, 4) is 0 Å². The van der Waals surface area contributed by atoms with E-state index in [9.17, 15) is 13.6 Å². The summed E-state index contributed by atoms with van der Waals surface area (Å²) in [6, 6.07) is 0. The normalized spacial score (nSPS) is 24.2. The lowest BCUT2D eigenvalue weighted by Gasteiger charge is -2.36. The van der Waals surface area contributed by atoms with Gasteiger partial charge < -0.3 is 4.90 Å². The number of hydrogen-bond donors (Lipinski definition) is 0. The fraction of sp³-hybridized carbons (Fsp3) is 0.667. The summed E-state index contributed by atoms with van der Waals surface area (Å²) in [4.78, 5) is 13.4. The molecule has 0 unspecified atom stereocenters. The summed E-state index contributed by atoms with van der Waals surface area (Å²) in [6.07, 6.45) is 2.16. The molecule has 0 bridgehead atoms. The van der Waals surface area contributed by atoms with E-state index in [-0.39, 0.29) is 5.91 Å². The summed E-state index contributed by atoms with van der Waals surface area (Å²) in [7, 11) is 0. The Morgan fingerprint density at radius 1 is 1.53 bits per heavy atom. The molecule has 1 heterocycles. The summed E-state index contributed by atoms with van der Waals surface area (Å²) in [5.41, 5.74) is 1.19. The van der Waals surface area contributed by atoms with Gasteiger partial charge in [-0.05, 0) is 44.1 Å². The summed E-state index contributed by atoms with van der Waals surface area (Å²) >= 11 is 0. The fourth-order valence-electron chi connectivity index (χ4n) is 2.52. The Hall–Kier alpha value is -1.19. The minimum absolute atomic E-state index is 0.300. The average molecular weight is 271 g/mol. The van der Waals surface area contributed by atoms with Gasteiger partial charge in [0.2, 0.25) is 5.91 Å². The van der Waals surface area contributed by atoms with Crippen LogP contribution in [0.2, 0.25) is 0 Å². The number of halogens is 2. The lowest BCUT2D eigenvalue weighted by molar-refractivity contribution is -0.128. The van der Waals surface area contributed by atoms with Gasteiger partial charge >= 0.3 is 0 Å². The molecular weight excluding hydrogens is 248 g/mol. The first-order chi connectivity index (χ1) is 8.90. The Kier molecular flexibility index (Phi) is 6.19. The van der Waals surface area contributed by atoms with Gasteiger partial charge in [0.25, 0.3) is 6.43 Å². The van der Waals surface area contributed by atoms with Crippen LogP contribution in [-0.4, -0.2) is 30.3 Å². The van der Waals surface area contributed by atoms with E-state index < -0.39 is 6.43 Å². The molecule has 1 aliphatic rings. The van der Waals surface area contributed by atoms with Crippen molar-refractivity contribution in [3.63, 3.8) is 0 Å². The molecule has 0 aromatic carbocycles. The van der Waals surface area contributed by atoms with Gasteiger partial charge in [-0.3, -0.25) is 4.79 Å². The maximum Gasteiger partial charge on any atom is 0.257 e. The SMILES string of the molecule is C=C(C)CC[C@H]1CCN(C(=O)/C=C/C(F)F)C[C@H]1C. The number of piperidine rings is 1. The smallest absolute Gasteiger partial charge is 0.257 e. The fourth-order valence-corrected chi connectivity index (χ4v) is 2.52. The first-order valence-electron chi connectivity index (χ1n) is 6.79. The monoisotopic (exact) mass is 271 g/mol. The number of rotatable bonds is 5. The van der Waals surface area contributed by atoms with Crippen LogP contribution in [0, 0.1) is 11.8 Å². The van der Waals surface area contributed by atoms with Gasteiger partial charge in [0.05, 0.1) is 0 Å². The summed E-state index contributed by atoms with van der Waals surface area (Å²) in [6.45, 7) is 9.38. The van der Waals surface area contributed by atoms with E-state index in [4.69, 9.17) is 0 Å². The zero-order chi connectivity index (χ0) is 14.4. The molecule has 1 aliphatic heterocycles. The Balaban J connectivity index is 2.44. The highest BCUT2D eigenvalue weighted by molar-refractivity contribution is 5.87. The van der Waals surface area contributed by atoms with E-state index in [1.807, 2.05) is 6.92 Å². The van der Waals surface area contributed by atoms with Crippen LogP contribution in [0.1, 0.15) is 33.1 Å². The molecule has 1 saturated heterocycles.